The normalized spacial score (nSPS) is 21.4. The van der Waals surface area contributed by atoms with Crippen LogP contribution in [-0.4, -0.2) is 28.3 Å². The first-order chi connectivity index (χ1) is 9.76. The fourth-order valence-corrected chi connectivity index (χ4v) is 2.63. The van der Waals surface area contributed by atoms with Crippen LogP contribution in [0, 0.1) is 5.82 Å². The summed E-state index contributed by atoms with van der Waals surface area (Å²) in [5.74, 6) is -0.892. The van der Waals surface area contributed by atoms with Gasteiger partial charge >= 0.3 is 0 Å². The van der Waals surface area contributed by atoms with Crippen LogP contribution in [-0.2, 0) is 16.1 Å². The van der Waals surface area contributed by atoms with Gasteiger partial charge in [-0.15, -0.1) is 0 Å². The van der Waals surface area contributed by atoms with Crippen molar-refractivity contribution in [2.45, 2.75) is 45.3 Å². The van der Waals surface area contributed by atoms with Crippen molar-refractivity contribution in [3.8, 4) is 0 Å². The Morgan fingerprint density at radius 3 is 2.62 bits per heavy atom. The molecular weight excluding hydrogens is 295 g/mol. The molecule has 2 rings (SSSR count). The molecule has 0 bridgehead atoms. The highest BCUT2D eigenvalue weighted by molar-refractivity contribution is 6.30. The van der Waals surface area contributed by atoms with Crippen LogP contribution >= 0.6 is 11.6 Å². The molecule has 1 aliphatic rings. The van der Waals surface area contributed by atoms with Gasteiger partial charge in [-0.1, -0.05) is 24.6 Å². The average Bonchev–Trinajstić information content (AvgIpc) is 2.40. The summed E-state index contributed by atoms with van der Waals surface area (Å²) in [6, 6.07) is 3.86. The summed E-state index contributed by atoms with van der Waals surface area (Å²) in [6.07, 6.45) is 0.504. The zero-order valence-corrected chi connectivity index (χ0v) is 13.0. The molecule has 1 fully saturated rings. The molecule has 0 radical (unpaired) electrons. The van der Waals surface area contributed by atoms with Gasteiger partial charge in [0.2, 0.25) is 11.8 Å². The van der Waals surface area contributed by atoms with Crippen LogP contribution in [0.2, 0.25) is 5.02 Å². The predicted octanol–water partition coefficient (Wildman–Crippen LogP) is 2.49. The highest BCUT2D eigenvalue weighted by atomic mass is 35.5. The third-order valence-electron chi connectivity index (χ3n) is 3.63. The highest BCUT2D eigenvalue weighted by Gasteiger charge is 2.44. The van der Waals surface area contributed by atoms with E-state index >= 15 is 0 Å². The van der Waals surface area contributed by atoms with E-state index in [0.717, 1.165) is 0 Å². The number of nitrogens with one attached hydrogen (secondary N) is 1. The van der Waals surface area contributed by atoms with Crippen molar-refractivity contribution in [1.82, 2.24) is 10.2 Å². The number of carbonyl (C=O) groups is 2. The minimum absolute atomic E-state index is 0.0360. The first kappa shape index (κ1) is 15.8. The minimum Gasteiger partial charge on any atom is -0.340 e. The second-order valence-corrected chi connectivity index (χ2v) is 6.13. The van der Waals surface area contributed by atoms with Crippen molar-refractivity contribution in [3.05, 3.63) is 34.6 Å². The number of amides is 2. The van der Waals surface area contributed by atoms with Gasteiger partial charge in [-0.2, -0.15) is 0 Å². The van der Waals surface area contributed by atoms with E-state index in [1.54, 1.807) is 19.9 Å². The molecule has 2 amide bonds. The second-order valence-electron chi connectivity index (χ2n) is 5.72. The maximum absolute atomic E-state index is 13.5. The summed E-state index contributed by atoms with van der Waals surface area (Å²) in [4.78, 5) is 26.1. The summed E-state index contributed by atoms with van der Waals surface area (Å²) in [5.41, 5.74) is -0.345. The Balaban J connectivity index is 2.31. The monoisotopic (exact) mass is 312 g/mol. The average molecular weight is 313 g/mol. The molecule has 1 atom stereocenters. The summed E-state index contributed by atoms with van der Waals surface area (Å²) < 4.78 is 13.5. The number of hydrogen-bond acceptors (Lipinski definition) is 2. The number of hydrogen-bond donors (Lipinski definition) is 1. The van der Waals surface area contributed by atoms with Gasteiger partial charge in [0.15, 0.2) is 0 Å². The predicted molar refractivity (Wildman–Crippen MR) is 78.3 cm³/mol. The van der Waals surface area contributed by atoms with E-state index in [9.17, 15) is 14.0 Å². The number of piperazine rings is 1. The van der Waals surface area contributed by atoms with Crippen molar-refractivity contribution < 1.29 is 14.0 Å². The van der Waals surface area contributed by atoms with E-state index in [2.05, 4.69) is 5.32 Å². The molecule has 1 aromatic rings. The molecule has 1 aliphatic heterocycles. The molecule has 6 heteroatoms. The lowest BCUT2D eigenvalue weighted by Crippen LogP contribution is -2.67. The Bertz CT molecular complexity index is 589. The molecule has 1 heterocycles. The summed E-state index contributed by atoms with van der Waals surface area (Å²) in [7, 11) is 0. The standard InChI is InChI=1S/C15H18ClFN2O2/c1-4-12-13(20)18-15(2,3)14(21)19(12)8-9-5-6-10(16)11(17)7-9/h5-7,12H,4,8H2,1-3H3,(H,18,20). The van der Waals surface area contributed by atoms with Gasteiger partial charge in [-0.25, -0.2) is 4.39 Å². The van der Waals surface area contributed by atoms with Crippen LogP contribution < -0.4 is 5.32 Å². The van der Waals surface area contributed by atoms with E-state index in [-0.39, 0.29) is 23.4 Å². The van der Waals surface area contributed by atoms with Crippen molar-refractivity contribution >= 4 is 23.4 Å². The first-order valence-corrected chi connectivity index (χ1v) is 7.21. The van der Waals surface area contributed by atoms with Crippen molar-refractivity contribution in [3.63, 3.8) is 0 Å². The number of halogens is 2. The maximum atomic E-state index is 13.5. The van der Waals surface area contributed by atoms with Gasteiger partial charge in [0.1, 0.15) is 17.4 Å². The van der Waals surface area contributed by atoms with Gasteiger partial charge < -0.3 is 10.2 Å². The topological polar surface area (TPSA) is 49.4 Å². The van der Waals surface area contributed by atoms with Crippen LogP contribution in [0.1, 0.15) is 32.8 Å². The summed E-state index contributed by atoms with van der Waals surface area (Å²) in [5, 5.41) is 2.75. The fourth-order valence-electron chi connectivity index (χ4n) is 2.51. The Labute approximate surface area is 128 Å². The van der Waals surface area contributed by atoms with E-state index in [1.165, 1.54) is 17.0 Å². The Morgan fingerprint density at radius 2 is 2.05 bits per heavy atom. The Morgan fingerprint density at radius 1 is 1.38 bits per heavy atom. The second kappa shape index (κ2) is 5.64. The van der Waals surface area contributed by atoms with Gasteiger partial charge in [0, 0.05) is 6.54 Å². The van der Waals surface area contributed by atoms with Gasteiger partial charge in [-0.05, 0) is 38.0 Å². The quantitative estimate of drug-likeness (QED) is 0.932. The fraction of sp³-hybridized carbons (Fsp3) is 0.467. The van der Waals surface area contributed by atoms with Crippen molar-refractivity contribution in [2.24, 2.45) is 0 Å². The maximum Gasteiger partial charge on any atom is 0.248 e. The Hall–Kier alpha value is -1.62. The number of rotatable bonds is 3. The van der Waals surface area contributed by atoms with E-state index < -0.39 is 17.4 Å². The third kappa shape index (κ3) is 3.02. The molecule has 0 aliphatic carbocycles. The zero-order chi connectivity index (χ0) is 15.8. The molecule has 4 nitrogen and oxygen atoms in total. The third-order valence-corrected chi connectivity index (χ3v) is 3.94. The van der Waals surface area contributed by atoms with Crippen LogP contribution in [0.4, 0.5) is 4.39 Å². The molecule has 1 N–H and O–H groups in total. The summed E-state index contributed by atoms with van der Waals surface area (Å²) >= 11 is 5.66. The van der Waals surface area contributed by atoms with Gasteiger partial charge in [-0.3, -0.25) is 9.59 Å². The summed E-state index contributed by atoms with van der Waals surface area (Å²) in [6.45, 7) is 5.34. The lowest BCUT2D eigenvalue weighted by molar-refractivity contribution is -0.154. The van der Waals surface area contributed by atoms with Crippen molar-refractivity contribution in [2.75, 3.05) is 0 Å². The van der Waals surface area contributed by atoms with E-state index in [1.807, 2.05) is 6.92 Å². The van der Waals surface area contributed by atoms with Crippen molar-refractivity contribution in [1.29, 1.82) is 0 Å². The molecule has 21 heavy (non-hydrogen) atoms. The van der Waals surface area contributed by atoms with Gasteiger partial charge in [0.25, 0.3) is 0 Å². The van der Waals surface area contributed by atoms with Crippen LogP contribution in [0.5, 0.6) is 0 Å². The molecule has 0 aromatic heterocycles. The number of nitrogens with zero attached hydrogens (tertiary/aromatic N) is 1. The largest absolute Gasteiger partial charge is 0.340 e. The first-order valence-electron chi connectivity index (χ1n) is 6.83. The van der Waals surface area contributed by atoms with Crippen LogP contribution in [0.15, 0.2) is 18.2 Å². The molecule has 114 valence electrons. The molecule has 0 spiro atoms. The lowest BCUT2D eigenvalue weighted by atomic mass is 9.95. The van der Waals surface area contributed by atoms with Gasteiger partial charge in [0.05, 0.1) is 5.02 Å². The lowest BCUT2D eigenvalue weighted by Gasteiger charge is -2.42. The SMILES string of the molecule is CCC1C(=O)NC(C)(C)C(=O)N1Cc1ccc(Cl)c(F)c1. The molecular formula is C15H18ClFN2O2. The van der Waals surface area contributed by atoms with E-state index in [0.29, 0.717) is 12.0 Å². The van der Waals surface area contributed by atoms with Crippen LogP contribution in [0.25, 0.3) is 0 Å². The molecule has 1 saturated heterocycles. The zero-order valence-electron chi connectivity index (χ0n) is 12.2. The molecule has 0 saturated carbocycles. The number of benzene rings is 1. The molecule has 1 aromatic carbocycles. The smallest absolute Gasteiger partial charge is 0.248 e. The minimum atomic E-state index is -0.951. The number of carbonyl (C=O) groups excluding carboxylic acids is 2. The van der Waals surface area contributed by atoms with Crippen LogP contribution in [0.3, 0.4) is 0 Å². The Kier molecular flexibility index (Phi) is 4.23. The van der Waals surface area contributed by atoms with E-state index in [4.69, 9.17) is 11.6 Å². The highest BCUT2D eigenvalue weighted by Crippen LogP contribution is 2.23. The molecule has 1 unspecified atom stereocenters.